The molecule has 0 bridgehead atoms. The third-order valence-corrected chi connectivity index (χ3v) is 5.91. The van der Waals surface area contributed by atoms with Gasteiger partial charge in [0.15, 0.2) is 0 Å². The minimum atomic E-state index is -0.173. The highest BCUT2D eigenvalue weighted by Crippen LogP contribution is 2.34. The number of nitrogens with zero attached hydrogens (tertiary/aromatic N) is 4. The fourth-order valence-electron chi connectivity index (χ4n) is 4.42. The Hall–Kier alpha value is -3.15. The first-order valence-electron chi connectivity index (χ1n) is 11.0. The molecule has 1 aromatic carbocycles. The van der Waals surface area contributed by atoms with Crippen LogP contribution in [0.25, 0.3) is 5.57 Å². The van der Waals surface area contributed by atoms with Crippen LogP contribution in [-0.2, 0) is 9.59 Å². The molecular weight excluding hydrogens is 388 g/mol. The zero-order chi connectivity index (χ0) is 22.1. The van der Waals surface area contributed by atoms with E-state index in [2.05, 4.69) is 20.9 Å². The van der Waals surface area contributed by atoms with E-state index in [9.17, 15) is 9.59 Å². The van der Waals surface area contributed by atoms with E-state index >= 15 is 0 Å². The number of pyridine rings is 1. The van der Waals surface area contributed by atoms with Crippen LogP contribution < -0.4 is 4.90 Å². The molecule has 0 radical (unpaired) electrons. The zero-order valence-corrected chi connectivity index (χ0v) is 18.8. The molecule has 0 N–H and O–H groups in total. The van der Waals surface area contributed by atoms with Crippen molar-refractivity contribution in [3.8, 4) is 0 Å². The number of hydrogen-bond acceptors (Lipinski definition) is 5. The first-order valence-corrected chi connectivity index (χ1v) is 11.0. The van der Waals surface area contributed by atoms with Crippen LogP contribution in [-0.4, -0.2) is 59.3 Å². The Balaban J connectivity index is 1.68. The minimum absolute atomic E-state index is 0.167. The average Bonchev–Trinajstić information content (AvgIpc) is 2.99. The van der Waals surface area contributed by atoms with Crippen molar-refractivity contribution in [2.75, 3.05) is 37.6 Å². The van der Waals surface area contributed by atoms with Gasteiger partial charge < -0.3 is 9.80 Å². The summed E-state index contributed by atoms with van der Waals surface area (Å²) in [6, 6.07) is 12.0. The number of amides is 2. The van der Waals surface area contributed by atoms with Crippen LogP contribution >= 0.6 is 0 Å². The van der Waals surface area contributed by atoms with Gasteiger partial charge in [-0.25, -0.2) is 4.98 Å². The number of carbonyl (C=O) groups is 2. The van der Waals surface area contributed by atoms with Gasteiger partial charge in [-0.15, -0.1) is 0 Å². The molecule has 162 valence electrons. The molecule has 0 atom stereocenters. The van der Waals surface area contributed by atoms with Crippen molar-refractivity contribution >= 4 is 23.2 Å². The highest BCUT2D eigenvalue weighted by atomic mass is 16.2. The lowest BCUT2D eigenvalue weighted by molar-refractivity contribution is -0.138. The summed E-state index contributed by atoms with van der Waals surface area (Å²) in [5.74, 6) is 0.822. The highest BCUT2D eigenvalue weighted by Gasteiger charge is 2.42. The fourth-order valence-corrected chi connectivity index (χ4v) is 4.42. The molecule has 1 saturated heterocycles. The van der Waals surface area contributed by atoms with Crippen molar-refractivity contribution in [2.45, 2.75) is 27.7 Å². The van der Waals surface area contributed by atoms with Crippen LogP contribution in [0, 0.1) is 19.8 Å². The van der Waals surface area contributed by atoms with Crippen LogP contribution in [0.3, 0.4) is 0 Å². The molecule has 6 nitrogen and oxygen atoms in total. The second-order valence-electron chi connectivity index (χ2n) is 8.82. The summed E-state index contributed by atoms with van der Waals surface area (Å²) in [6.07, 6.45) is 1.80. The normalized spacial score (nSPS) is 17.4. The third kappa shape index (κ3) is 4.07. The van der Waals surface area contributed by atoms with Gasteiger partial charge in [0.25, 0.3) is 11.8 Å². The monoisotopic (exact) mass is 418 g/mol. The van der Waals surface area contributed by atoms with Gasteiger partial charge in [0.05, 0.1) is 5.57 Å². The molecule has 4 rings (SSSR count). The Morgan fingerprint density at radius 2 is 1.65 bits per heavy atom. The standard InChI is InChI=1S/C25H30N4O2/c1-17(2)16-29-24(30)22(20-9-8-18(3)15-19(20)4)23(25(29)31)28-13-11-27(12-14-28)21-7-5-6-10-26-21/h5-10,15,17H,11-14,16H2,1-4H3. The molecule has 2 amide bonds. The van der Waals surface area contributed by atoms with Gasteiger partial charge >= 0.3 is 0 Å². The predicted octanol–water partition coefficient (Wildman–Crippen LogP) is 3.26. The van der Waals surface area contributed by atoms with Crippen molar-refractivity contribution < 1.29 is 9.59 Å². The number of benzene rings is 1. The van der Waals surface area contributed by atoms with Gasteiger partial charge in [0, 0.05) is 38.9 Å². The highest BCUT2D eigenvalue weighted by molar-refractivity contribution is 6.35. The maximum absolute atomic E-state index is 13.4. The average molecular weight is 419 g/mol. The van der Waals surface area contributed by atoms with Crippen LogP contribution in [0.4, 0.5) is 5.82 Å². The molecule has 1 fully saturated rings. The van der Waals surface area contributed by atoms with Crippen molar-refractivity contribution in [3.05, 3.63) is 65.0 Å². The lowest BCUT2D eigenvalue weighted by atomic mass is 9.97. The molecule has 1 aromatic heterocycles. The Bertz CT molecular complexity index is 1020. The molecule has 0 unspecified atom stereocenters. The second kappa shape index (κ2) is 8.53. The molecule has 2 aromatic rings. The third-order valence-electron chi connectivity index (χ3n) is 5.91. The molecule has 0 spiro atoms. The molecule has 6 heteroatoms. The predicted molar refractivity (Wildman–Crippen MR) is 122 cm³/mol. The summed E-state index contributed by atoms with van der Waals surface area (Å²) in [7, 11) is 0. The van der Waals surface area contributed by atoms with Gasteiger partial charge in [-0.1, -0.05) is 43.7 Å². The Kier molecular flexibility index (Phi) is 5.81. The molecule has 3 heterocycles. The quantitative estimate of drug-likeness (QED) is 0.698. The first-order chi connectivity index (χ1) is 14.9. The Labute approximate surface area is 184 Å². The summed E-state index contributed by atoms with van der Waals surface area (Å²) in [4.78, 5) is 37.1. The topological polar surface area (TPSA) is 56.8 Å². The number of anilines is 1. The number of carbonyl (C=O) groups excluding carboxylic acids is 2. The van der Waals surface area contributed by atoms with Gasteiger partial charge in [0.1, 0.15) is 11.5 Å². The second-order valence-corrected chi connectivity index (χ2v) is 8.82. The van der Waals surface area contributed by atoms with Crippen LogP contribution in [0.5, 0.6) is 0 Å². The fraction of sp³-hybridized carbons (Fsp3) is 0.400. The molecule has 0 aliphatic carbocycles. The van der Waals surface area contributed by atoms with E-state index in [4.69, 9.17) is 0 Å². The SMILES string of the molecule is Cc1ccc(C2=C(N3CCN(c4ccccn4)CC3)C(=O)N(CC(C)C)C2=O)c(C)c1. The van der Waals surface area contributed by atoms with E-state index in [0.29, 0.717) is 30.9 Å². The lowest BCUT2D eigenvalue weighted by Gasteiger charge is -2.37. The summed E-state index contributed by atoms with van der Waals surface area (Å²) < 4.78 is 0. The summed E-state index contributed by atoms with van der Waals surface area (Å²) >= 11 is 0. The number of hydrogen-bond donors (Lipinski definition) is 0. The smallest absolute Gasteiger partial charge is 0.277 e. The molecule has 2 aliphatic heterocycles. The van der Waals surface area contributed by atoms with Gasteiger partial charge in [-0.05, 0) is 43.0 Å². The molecule has 0 saturated carbocycles. The van der Waals surface area contributed by atoms with Crippen LogP contribution in [0.1, 0.15) is 30.5 Å². The molecular formula is C25H30N4O2. The number of imide groups is 1. The van der Waals surface area contributed by atoms with Crippen molar-refractivity contribution in [1.29, 1.82) is 0 Å². The maximum atomic E-state index is 13.4. The molecule has 31 heavy (non-hydrogen) atoms. The number of aromatic nitrogens is 1. The number of rotatable bonds is 5. The summed E-state index contributed by atoms with van der Waals surface area (Å²) in [5.41, 5.74) is 4.13. The first kappa shape index (κ1) is 21.1. The van der Waals surface area contributed by atoms with Gasteiger partial charge in [-0.3, -0.25) is 14.5 Å². The lowest BCUT2D eigenvalue weighted by Crippen LogP contribution is -2.48. The van der Waals surface area contributed by atoms with E-state index < -0.39 is 0 Å². The van der Waals surface area contributed by atoms with Crippen molar-refractivity contribution in [1.82, 2.24) is 14.8 Å². The summed E-state index contributed by atoms with van der Waals surface area (Å²) in [6.45, 7) is 11.4. The number of piperazine rings is 1. The van der Waals surface area contributed by atoms with E-state index in [1.165, 1.54) is 4.90 Å². The maximum Gasteiger partial charge on any atom is 0.277 e. The van der Waals surface area contributed by atoms with Gasteiger partial charge in [0.2, 0.25) is 0 Å². The molecule has 2 aliphatic rings. The van der Waals surface area contributed by atoms with Crippen molar-refractivity contribution in [2.24, 2.45) is 5.92 Å². The minimum Gasteiger partial charge on any atom is -0.363 e. The summed E-state index contributed by atoms with van der Waals surface area (Å²) in [5, 5.41) is 0. The van der Waals surface area contributed by atoms with Crippen molar-refractivity contribution in [3.63, 3.8) is 0 Å². The van der Waals surface area contributed by atoms with E-state index in [-0.39, 0.29) is 17.7 Å². The Morgan fingerprint density at radius 1 is 0.935 bits per heavy atom. The zero-order valence-electron chi connectivity index (χ0n) is 18.8. The number of aryl methyl sites for hydroxylation is 2. The largest absolute Gasteiger partial charge is 0.363 e. The van der Waals surface area contributed by atoms with E-state index in [1.54, 1.807) is 6.20 Å². The van der Waals surface area contributed by atoms with E-state index in [0.717, 1.165) is 35.6 Å². The Morgan fingerprint density at radius 3 is 2.26 bits per heavy atom. The van der Waals surface area contributed by atoms with E-state index in [1.807, 2.05) is 58.0 Å². The van der Waals surface area contributed by atoms with Gasteiger partial charge in [-0.2, -0.15) is 0 Å². The van der Waals surface area contributed by atoms with Crippen LogP contribution in [0.15, 0.2) is 48.3 Å². The van der Waals surface area contributed by atoms with Crippen LogP contribution in [0.2, 0.25) is 0 Å².